The van der Waals surface area contributed by atoms with E-state index in [1.807, 2.05) is 0 Å². The standard InChI is InChI=1S/C8H14N3O2PS/c1-2-15(12,13)11-4-3-7-6(5-11)8(14)10-9-7/h2-5,14H2,1H3,(H,9,10). The second kappa shape index (κ2) is 3.85. The van der Waals surface area contributed by atoms with Crippen molar-refractivity contribution in [2.24, 2.45) is 0 Å². The van der Waals surface area contributed by atoms with Gasteiger partial charge in [-0.15, -0.1) is 0 Å². The molecule has 0 spiro atoms. The summed E-state index contributed by atoms with van der Waals surface area (Å²) < 4.78 is 24.9. The Bertz CT molecular complexity index is 468. The first-order valence-electron chi connectivity index (χ1n) is 4.84. The molecule has 1 aliphatic heterocycles. The van der Waals surface area contributed by atoms with Crippen LogP contribution in [0.3, 0.4) is 0 Å². The van der Waals surface area contributed by atoms with Crippen molar-refractivity contribution in [3.8, 4) is 0 Å². The Kier molecular flexibility index (Phi) is 2.83. The van der Waals surface area contributed by atoms with Gasteiger partial charge in [0.2, 0.25) is 10.0 Å². The molecule has 0 radical (unpaired) electrons. The summed E-state index contributed by atoms with van der Waals surface area (Å²) in [5, 5.41) is 6.98. The fourth-order valence-corrected chi connectivity index (χ4v) is 3.10. The molecule has 1 unspecified atom stereocenters. The highest BCUT2D eigenvalue weighted by atomic mass is 32.2. The van der Waals surface area contributed by atoms with Gasteiger partial charge in [-0.2, -0.15) is 9.40 Å². The van der Waals surface area contributed by atoms with E-state index in [9.17, 15) is 8.42 Å². The fraction of sp³-hybridized carbons (Fsp3) is 0.625. The number of sulfonamides is 1. The summed E-state index contributed by atoms with van der Waals surface area (Å²) in [5.74, 6) is 0.159. The Labute approximate surface area is 91.5 Å². The maximum atomic E-state index is 11.7. The van der Waals surface area contributed by atoms with Crippen LogP contribution >= 0.6 is 9.24 Å². The van der Waals surface area contributed by atoms with Gasteiger partial charge in [0.25, 0.3) is 0 Å². The first-order chi connectivity index (χ1) is 7.04. The van der Waals surface area contributed by atoms with E-state index in [0.717, 1.165) is 23.1 Å². The van der Waals surface area contributed by atoms with E-state index in [1.165, 1.54) is 4.31 Å². The number of nitrogens with one attached hydrogen (secondary N) is 1. The molecule has 0 amide bonds. The second-order valence-corrected chi connectivity index (χ2v) is 6.35. The molecule has 0 bridgehead atoms. The Hall–Kier alpha value is -0.450. The minimum absolute atomic E-state index is 0.159. The quantitative estimate of drug-likeness (QED) is 0.724. The zero-order valence-electron chi connectivity index (χ0n) is 8.52. The van der Waals surface area contributed by atoms with Crippen molar-refractivity contribution >= 4 is 24.7 Å². The van der Waals surface area contributed by atoms with Crippen LogP contribution in [0.5, 0.6) is 0 Å². The molecule has 1 aliphatic rings. The predicted molar refractivity (Wildman–Crippen MR) is 61.5 cm³/mol. The van der Waals surface area contributed by atoms with Crippen LogP contribution in [0.4, 0.5) is 0 Å². The minimum Gasteiger partial charge on any atom is -0.282 e. The number of nitrogens with zero attached hydrogens (tertiary/aromatic N) is 2. The van der Waals surface area contributed by atoms with Crippen LogP contribution in [-0.4, -0.2) is 35.2 Å². The molecule has 1 aromatic heterocycles. The molecule has 84 valence electrons. The summed E-state index contributed by atoms with van der Waals surface area (Å²) in [4.78, 5) is 0. The van der Waals surface area contributed by atoms with E-state index in [-0.39, 0.29) is 5.75 Å². The number of hydrogen-bond acceptors (Lipinski definition) is 3. The first kappa shape index (κ1) is 11.0. The molecule has 1 atom stereocenters. The highest BCUT2D eigenvalue weighted by Gasteiger charge is 2.27. The summed E-state index contributed by atoms with van der Waals surface area (Å²) in [6.45, 7) is 2.66. The van der Waals surface area contributed by atoms with Crippen molar-refractivity contribution in [2.45, 2.75) is 19.9 Å². The van der Waals surface area contributed by atoms with E-state index in [1.54, 1.807) is 6.92 Å². The summed E-state index contributed by atoms with van der Waals surface area (Å²) in [6, 6.07) is 0. The highest BCUT2D eigenvalue weighted by molar-refractivity contribution is 7.89. The summed E-state index contributed by atoms with van der Waals surface area (Å²) in [5.41, 5.74) is 2.88. The van der Waals surface area contributed by atoms with Gasteiger partial charge in [-0.25, -0.2) is 8.42 Å². The monoisotopic (exact) mass is 247 g/mol. The molecule has 0 saturated heterocycles. The minimum atomic E-state index is -3.08. The number of aromatic nitrogens is 2. The fourth-order valence-electron chi connectivity index (χ4n) is 1.71. The van der Waals surface area contributed by atoms with E-state index >= 15 is 0 Å². The lowest BCUT2D eigenvalue weighted by Gasteiger charge is -2.25. The van der Waals surface area contributed by atoms with Crippen molar-refractivity contribution in [3.05, 3.63) is 11.3 Å². The van der Waals surface area contributed by atoms with Crippen molar-refractivity contribution in [1.82, 2.24) is 14.5 Å². The summed E-state index contributed by atoms with van der Waals surface area (Å²) in [7, 11) is -0.552. The molecule has 2 rings (SSSR count). The van der Waals surface area contributed by atoms with Crippen molar-refractivity contribution < 1.29 is 8.42 Å². The summed E-state index contributed by atoms with van der Waals surface area (Å²) >= 11 is 0. The van der Waals surface area contributed by atoms with Gasteiger partial charge in [0.15, 0.2) is 0 Å². The first-order valence-corrected chi connectivity index (χ1v) is 7.02. The van der Waals surface area contributed by atoms with E-state index in [2.05, 4.69) is 19.4 Å². The molecule has 0 saturated carbocycles. The van der Waals surface area contributed by atoms with Crippen LogP contribution < -0.4 is 5.44 Å². The van der Waals surface area contributed by atoms with Gasteiger partial charge in [-0.1, -0.05) is 9.24 Å². The van der Waals surface area contributed by atoms with E-state index in [0.29, 0.717) is 13.1 Å². The molecule has 5 nitrogen and oxygen atoms in total. The van der Waals surface area contributed by atoms with Crippen LogP contribution in [0.2, 0.25) is 0 Å². The molecule has 1 N–H and O–H groups in total. The second-order valence-electron chi connectivity index (χ2n) is 3.55. The average molecular weight is 247 g/mol. The van der Waals surface area contributed by atoms with Crippen LogP contribution in [0, 0.1) is 0 Å². The van der Waals surface area contributed by atoms with Crippen LogP contribution in [0.1, 0.15) is 18.2 Å². The topological polar surface area (TPSA) is 66.1 Å². The largest absolute Gasteiger partial charge is 0.282 e. The predicted octanol–water partition coefficient (Wildman–Crippen LogP) is -0.382. The lowest BCUT2D eigenvalue weighted by Crippen LogP contribution is -2.37. The normalized spacial score (nSPS) is 17.7. The average Bonchev–Trinajstić information content (AvgIpc) is 2.60. The van der Waals surface area contributed by atoms with Gasteiger partial charge in [-0.3, -0.25) is 5.10 Å². The lowest BCUT2D eigenvalue weighted by atomic mass is 10.1. The Balaban J connectivity index is 2.29. The van der Waals surface area contributed by atoms with Gasteiger partial charge < -0.3 is 0 Å². The van der Waals surface area contributed by atoms with Gasteiger partial charge in [0.05, 0.1) is 11.2 Å². The van der Waals surface area contributed by atoms with Crippen LogP contribution in [0.25, 0.3) is 0 Å². The lowest BCUT2D eigenvalue weighted by molar-refractivity contribution is 0.391. The third kappa shape index (κ3) is 1.94. The third-order valence-corrected chi connectivity index (χ3v) is 4.99. The highest BCUT2D eigenvalue weighted by Crippen LogP contribution is 2.19. The van der Waals surface area contributed by atoms with E-state index < -0.39 is 10.0 Å². The molecule has 0 aromatic carbocycles. The Morgan fingerprint density at radius 2 is 2.33 bits per heavy atom. The van der Waals surface area contributed by atoms with Crippen molar-refractivity contribution in [2.75, 3.05) is 12.3 Å². The number of rotatable bonds is 2. The van der Waals surface area contributed by atoms with E-state index in [4.69, 9.17) is 0 Å². The molecule has 15 heavy (non-hydrogen) atoms. The van der Waals surface area contributed by atoms with Crippen LogP contribution in [0.15, 0.2) is 0 Å². The molecular weight excluding hydrogens is 233 g/mol. The molecule has 1 aromatic rings. The van der Waals surface area contributed by atoms with Crippen LogP contribution in [-0.2, 0) is 23.0 Å². The van der Waals surface area contributed by atoms with Gasteiger partial charge in [-0.05, 0) is 6.92 Å². The molecule has 0 aliphatic carbocycles. The number of hydrogen-bond donors (Lipinski definition) is 1. The number of H-pyrrole nitrogens is 1. The Morgan fingerprint density at radius 3 is 3.00 bits per heavy atom. The van der Waals surface area contributed by atoms with Gasteiger partial charge in [0, 0.05) is 30.8 Å². The maximum absolute atomic E-state index is 11.7. The maximum Gasteiger partial charge on any atom is 0.214 e. The molecule has 0 fully saturated rings. The zero-order chi connectivity index (χ0) is 11.1. The molecular formula is C8H14N3O2PS. The van der Waals surface area contributed by atoms with Gasteiger partial charge >= 0.3 is 0 Å². The number of aromatic amines is 1. The van der Waals surface area contributed by atoms with Crippen molar-refractivity contribution in [1.29, 1.82) is 0 Å². The molecule has 2 heterocycles. The summed E-state index contributed by atoms with van der Waals surface area (Å²) in [6.07, 6.45) is 0.718. The molecule has 7 heteroatoms. The Morgan fingerprint density at radius 1 is 1.60 bits per heavy atom. The third-order valence-electron chi connectivity index (χ3n) is 2.69. The zero-order valence-corrected chi connectivity index (χ0v) is 10.5. The SMILES string of the molecule is CCS(=O)(=O)N1CCc2[nH]nc(P)c2C1. The van der Waals surface area contributed by atoms with Gasteiger partial charge in [0.1, 0.15) is 0 Å². The van der Waals surface area contributed by atoms with Crippen molar-refractivity contribution in [3.63, 3.8) is 0 Å². The number of fused-ring (bicyclic) bond motifs is 1. The smallest absolute Gasteiger partial charge is 0.214 e.